The summed E-state index contributed by atoms with van der Waals surface area (Å²) in [5, 5.41) is 7.71. The summed E-state index contributed by atoms with van der Waals surface area (Å²) in [6, 6.07) is 21.9. The van der Waals surface area contributed by atoms with Crippen LogP contribution in [0.3, 0.4) is 0 Å². The monoisotopic (exact) mass is 482 g/mol. The lowest BCUT2D eigenvalue weighted by Gasteiger charge is -2.27. The highest BCUT2D eigenvalue weighted by molar-refractivity contribution is 6.06. The van der Waals surface area contributed by atoms with Gasteiger partial charge in [0.2, 0.25) is 5.91 Å². The summed E-state index contributed by atoms with van der Waals surface area (Å²) in [6.07, 6.45) is 0.0998. The zero-order valence-electron chi connectivity index (χ0n) is 19.4. The second-order valence-corrected chi connectivity index (χ2v) is 8.41. The van der Waals surface area contributed by atoms with E-state index in [2.05, 4.69) is 10.4 Å². The van der Waals surface area contributed by atoms with E-state index >= 15 is 0 Å². The number of carbonyl (C=O) groups excluding carboxylic acids is 3. The number of ether oxygens (including phenoxy) is 1. The molecule has 0 aliphatic carbocycles. The summed E-state index contributed by atoms with van der Waals surface area (Å²) < 4.78 is 6.54. The van der Waals surface area contributed by atoms with Crippen LogP contribution in [0.5, 0.6) is 0 Å². The number of esters is 1. The molecule has 1 aliphatic rings. The second-order valence-electron chi connectivity index (χ2n) is 8.41. The van der Waals surface area contributed by atoms with Gasteiger partial charge < -0.3 is 15.0 Å². The van der Waals surface area contributed by atoms with Gasteiger partial charge in [-0.1, -0.05) is 48.5 Å². The molecule has 2 amide bonds. The maximum atomic E-state index is 13.2. The third-order valence-electron chi connectivity index (χ3n) is 5.95. The molecule has 1 aromatic heterocycles. The van der Waals surface area contributed by atoms with E-state index in [0.29, 0.717) is 27.8 Å². The van der Waals surface area contributed by atoms with E-state index < -0.39 is 24.5 Å². The predicted molar refractivity (Wildman–Crippen MR) is 134 cm³/mol. The molecular weight excluding hydrogens is 460 g/mol. The topological polar surface area (TPSA) is 111 Å². The summed E-state index contributed by atoms with van der Waals surface area (Å²) in [5.74, 6) is -1.53. The number of nitrogens with zero attached hydrogens (tertiary/aromatic N) is 3. The molecule has 0 saturated carbocycles. The number of hydrogen-bond donors (Lipinski definition) is 1. The molecule has 0 spiro atoms. The van der Waals surface area contributed by atoms with Crippen molar-refractivity contribution in [1.29, 1.82) is 0 Å². The van der Waals surface area contributed by atoms with Crippen molar-refractivity contribution >= 4 is 39.9 Å². The van der Waals surface area contributed by atoms with Gasteiger partial charge in [-0.3, -0.25) is 14.4 Å². The smallest absolute Gasteiger partial charge is 0.359 e. The Morgan fingerprint density at radius 1 is 0.944 bits per heavy atom. The highest BCUT2D eigenvalue weighted by atomic mass is 16.5. The van der Waals surface area contributed by atoms with Gasteiger partial charge in [-0.2, -0.15) is 9.78 Å². The quantitative estimate of drug-likeness (QED) is 0.447. The van der Waals surface area contributed by atoms with E-state index in [9.17, 15) is 19.2 Å². The van der Waals surface area contributed by atoms with Crippen LogP contribution in [0.4, 0.5) is 11.4 Å². The first-order valence-corrected chi connectivity index (χ1v) is 11.4. The van der Waals surface area contributed by atoms with E-state index in [0.717, 1.165) is 4.68 Å². The number of hydrogen-bond acceptors (Lipinski definition) is 6. The molecule has 0 unspecified atom stereocenters. The van der Waals surface area contributed by atoms with Crippen LogP contribution in [0.25, 0.3) is 16.5 Å². The minimum atomic E-state index is -0.839. The molecule has 0 saturated heterocycles. The fourth-order valence-corrected chi connectivity index (χ4v) is 4.32. The van der Waals surface area contributed by atoms with Crippen molar-refractivity contribution in [1.82, 2.24) is 9.78 Å². The van der Waals surface area contributed by atoms with Crippen molar-refractivity contribution in [2.45, 2.75) is 19.4 Å². The Morgan fingerprint density at radius 3 is 2.39 bits per heavy atom. The summed E-state index contributed by atoms with van der Waals surface area (Å²) in [6.45, 7) is 1.19. The van der Waals surface area contributed by atoms with Crippen molar-refractivity contribution < 1.29 is 19.1 Å². The molecule has 0 fully saturated rings. The van der Waals surface area contributed by atoms with Crippen LogP contribution in [-0.4, -0.2) is 40.2 Å². The normalized spacial score (nSPS) is 15.1. The lowest BCUT2D eigenvalue weighted by atomic mass is 10.1. The zero-order chi connectivity index (χ0) is 25.2. The predicted octanol–water partition coefficient (Wildman–Crippen LogP) is 3.31. The largest absolute Gasteiger partial charge is 0.451 e. The molecular formula is C27H22N4O5. The summed E-state index contributed by atoms with van der Waals surface area (Å²) in [4.78, 5) is 53.1. The van der Waals surface area contributed by atoms with E-state index in [1.165, 1.54) is 4.90 Å². The van der Waals surface area contributed by atoms with E-state index in [4.69, 9.17) is 4.74 Å². The van der Waals surface area contributed by atoms with E-state index in [1.54, 1.807) is 85.8 Å². The first kappa shape index (κ1) is 23.0. The van der Waals surface area contributed by atoms with Gasteiger partial charge in [0.05, 0.1) is 22.4 Å². The van der Waals surface area contributed by atoms with Gasteiger partial charge in [-0.15, -0.1) is 0 Å². The molecule has 9 nitrogen and oxygen atoms in total. The Labute approximate surface area is 205 Å². The maximum absolute atomic E-state index is 13.2. The minimum absolute atomic E-state index is 0.0805. The molecule has 36 heavy (non-hydrogen) atoms. The first-order chi connectivity index (χ1) is 17.4. The number of aromatic nitrogens is 2. The molecule has 0 radical (unpaired) electrons. The molecule has 0 bridgehead atoms. The van der Waals surface area contributed by atoms with Gasteiger partial charge in [0.15, 0.2) is 12.3 Å². The number of para-hydroxylation sites is 3. The van der Waals surface area contributed by atoms with Crippen LogP contribution in [0, 0.1) is 0 Å². The zero-order valence-corrected chi connectivity index (χ0v) is 19.4. The first-order valence-electron chi connectivity index (χ1n) is 11.4. The summed E-state index contributed by atoms with van der Waals surface area (Å²) in [5.41, 5.74) is 1.07. The number of fused-ring (bicyclic) bond motifs is 2. The molecule has 1 atom stereocenters. The van der Waals surface area contributed by atoms with Crippen LogP contribution in [0.15, 0.2) is 83.7 Å². The Morgan fingerprint density at radius 2 is 1.61 bits per heavy atom. The second kappa shape index (κ2) is 9.46. The molecule has 180 valence electrons. The highest BCUT2D eigenvalue weighted by Gasteiger charge is 2.30. The van der Waals surface area contributed by atoms with Crippen molar-refractivity contribution in [3.8, 4) is 5.69 Å². The van der Waals surface area contributed by atoms with Gasteiger partial charge in [0.1, 0.15) is 0 Å². The molecule has 9 heteroatoms. The van der Waals surface area contributed by atoms with E-state index in [1.807, 2.05) is 0 Å². The fraction of sp³-hybridized carbons (Fsp3) is 0.148. The Kier molecular flexibility index (Phi) is 6.03. The van der Waals surface area contributed by atoms with Gasteiger partial charge in [0, 0.05) is 17.8 Å². The van der Waals surface area contributed by atoms with Crippen LogP contribution in [0.2, 0.25) is 0 Å². The molecule has 1 aliphatic heterocycles. The van der Waals surface area contributed by atoms with E-state index in [-0.39, 0.29) is 23.6 Å². The SMILES string of the molecule is C[C@@H]1CC(=O)Nc2ccccc2N1C(=O)COC(=O)c1nn(-c2ccccc2)c(=O)c2ccccc12. The fourth-order valence-electron chi connectivity index (χ4n) is 4.32. The number of benzene rings is 3. The molecule has 1 N–H and O–H groups in total. The minimum Gasteiger partial charge on any atom is -0.451 e. The van der Waals surface area contributed by atoms with Crippen LogP contribution in [0.1, 0.15) is 23.8 Å². The molecule has 3 aromatic carbocycles. The molecule has 5 rings (SSSR count). The number of nitrogens with one attached hydrogen (secondary N) is 1. The Balaban J connectivity index is 1.46. The Bertz CT molecular complexity index is 1550. The van der Waals surface area contributed by atoms with Crippen LogP contribution < -0.4 is 15.8 Å². The average molecular weight is 482 g/mol. The van der Waals surface area contributed by atoms with Gasteiger partial charge in [-0.05, 0) is 37.3 Å². The van der Waals surface area contributed by atoms with Crippen molar-refractivity contribution in [3.05, 3.63) is 94.9 Å². The molecule has 4 aromatic rings. The van der Waals surface area contributed by atoms with Crippen LogP contribution >= 0.6 is 0 Å². The Hall–Kier alpha value is -4.79. The van der Waals surface area contributed by atoms with Gasteiger partial charge in [-0.25, -0.2) is 4.79 Å². The summed E-state index contributed by atoms with van der Waals surface area (Å²) >= 11 is 0. The van der Waals surface area contributed by atoms with Crippen molar-refractivity contribution in [2.24, 2.45) is 0 Å². The highest BCUT2D eigenvalue weighted by Crippen LogP contribution is 2.31. The van der Waals surface area contributed by atoms with Gasteiger partial charge >= 0.3 is 5.97 Å². The standard InChI is InChI=1S/C27H22N4O5/c1-17-15-23(32)28-21-13-7-8-14-22(21)30(17)24(33)16-36-27(35)25-19-11-5-6-12-20(19)26(34)31(29-25)18-9-3-2-4-10-18/h2-14,17H,15-16H2,1H3,(H,28,32)/t17-/m1/s1. The van der Waals surface area contributed by atoms with Crippen LogP contribution in [-0.2, 0) is 14.3 Å². The third kappa shape index (κ3) is 4.22. The number of rotatable bonds is 4. The average Bonchev–Trinajstić information content (AvgIpc) is 3.02. The number of anilines is 2. The maximum Gasteiger partial charge on any atom is 0.359 e. The lowest BCUT2D eigenvalue weighted by molar-refractivity contribution is -0.122. The van der Waals surface area contributed by atoms with Crippen molar-refractivity contribution in [3.63, 3.8) is 0 Å². The third-order valence-corrected chi connectivity index (χ3v) is 5.95. The molecule has 2 heterocycles. The number of carbonyl (C=O) groups is 3. The number of amides is 2. The van der Waals surface area contributed by atoms with Crippen molar-refractivity contribution in [2.75, 3.05) is 16.8 Å². The van der Waals surface area contributed by atoms with Gasteiger partial charge in [0.25, 0.3) is 11.5 Å². The summed E-state index contributed by atoms with van der Waals surface area (Å²) in [7, 11) is 0. The lowest BCUT2D eigenvalue weighted by Crippen LogP contribution is -2.41.